The summed E-state index contributed by atoms with van der Waals surface area (Å²) in [5.74, 6) is 2.25. The number of methoxy groups -OCH3 is 1. The highest BCUT2D eigenvalue weighted by molar-refractivity contribution is 5.57. The predicted molar refractivity (Wildman–Crippen MR) is 102 cm³/mol. The minimum Gasteiger partial charge on any atom is -0.497 e. The van der Waals surface area contributed by atoms with E-state index < -0.39 is 0 Å². The Bertz CT molecular complexity index is 818. The maximum atomic E-state index is 5.25. The largest absolute Gasteiger partial charge is 0.497 e. The van der Waals surface area contributed by atoms with Crippen molar-refractivity contribution in [2.75, 3.05) is 24.3 Å². The molecule has 0 spiro atoms. The van der Waals surface area contributed by atoms with Gasteiger partial charge in [0.2, 0.25) is 5.95 Å². The second-order valence-corrected chi connectivity index (χ2v) is 5.78. The Balaban J connectivity index is 1.57. The number of anilines is 3. The van der Waals surface area contributed by atoms with E-state index in [0.29, 0.717) is 5.95 Å². The number of ether oxygens (including phenoxy) is 1. The van der Waals surface area contributed by atoms with Gasteiger partial charge in [0.05, 0.1) is 7.11 Å². The normalized spacial score (nSPS) is 10.3. The fourth-order valence-electron chi connectivity index (χ4n) is 2.44. The Hall–Kier alpha value is -3.08. The molecule has 0 unspecified atom stereocenters. The SMILES string of the molecule is COc1cccc(CCNc2nccc(Nc3ccc(C)cc3)n2)c1. The van der Waals surface area contributed by atoms with Gasteiger partial charge in [-0.05, 0) is 49.2 Å². The molecule has 0 saturated heterocycles. The van der Waals surface area contributed by atoms with Crippen molar-refractivity contribution in [2.24, 2.45) is 0 Å². The lowest BCUT2D eigenvalue weighted by molar-refractivity contribution is 0.414. The van der Waals surface area contributed by atoms with E-state index in [1.807, 2.05) is 36.4 Å². The van der Waals surface area contributed by atoms with Gasteiger partial charge in [-0.25, -0.2) is 4.98 Å². The van der Waals surface area contributed by atoms with Gasteiger partial charge in [-0.2, -0.15) is 4.98 Å². The van der Waals surface area contributed by atoms with E-state index in [0.717, 1.165) is 30.2 Å². The molecule has 1 aromatic heterocycles. The summed E-state index contributed by atoms with van der Waals surface area (Å²) in [6.45, 7) is 2.82. The molecular formula is C20H22N4O. The van der Waals surface area contributed by atoms with E-state index in [1.165, 1.54) is 11.1 Å². The van der Waals surface area contributed by atoms with Crippen LogP contribution in [0.2, 0.25) is 0 Å². The topological polar surface area (TPSA) is 59.1 Å². The van der Waals surface area contributed by atoms with Crippen molar-refractivity contribution in [2.45, 2.75) is 13.3 Å². The molecule has 0 aliphatic rings. The monoisotopic (exact) mass is 334 g/mol. The van der Waals surface area contributed by atoms with Gasteiger partial charge in [0.25, 0.3) is 0 Å². The van der Waals surface area contributed by atoms with Crippen LogP contribution in [-0.4, -0.2) is 23.6 Å². The Morgan fingerprint density at radius 3 is 2.68 bits per heavy atom. The van der Waals surface area contributed by atoms with Crippen molar-refractivity contribution in [1.82, 2.24) is 9.97 Å². The van der Waals surface area contributed by atoms with Crippen LogP contribution < -0.4 is 15.4 Å². The number of nitrogens with zero attached hydrogens (tertiary/aromatic N) is 2. The fourth-order valence-corrected chi connectivity index (χ4v) is 2.44. The van der Waals surface area contributed by atoms with Crippen LogP contribution in [0.5, 0.6) is 5.75 Å². The predicted octanol–water partition coefficient (Wildman–Crippen LogP) is 4.19. The Labute approximate surface area is 148 Å². The van der Waals surface area contributed by atoms with Gasteiger partial charge >= 0.3 is 0 Å². The van der Waals surface area contributed by atoms with E-state index >= 15 is 0 Å². The average Bonchev–Trinajstić information content (AvgIpc) is 2.64. The second-order valence-electron chi connectivity index (χ2n) is 5.78. The third-order valence-electron chi connectivity index (χ3n) is 3.81. The maximum absolute atomic E-state index is 5.25. The highest BCUT2D eigenvalue weighted by Crippen LogP contribution is 2.16. The lowest BCUT2D eigenvalue weighted by atomic mass is 10.1. The number of aryl methyl sites for hydroxylation is 1. The average molecular weight is 334 g/mol. The Kier molecular flexibility index (Phi) is 5.46. The van der Waals surface area contributed by atoms with E-state index in [9.17, 15) is 0 Å². The molecule has 0 amide bonds. The Morgan fingerprint density at radius 1 is 1.04 bits per heavy atom. The molecule has 0 atom stereocenters. The second kappa shape index (κ2) is 8.15. The third-order valence-corrected chi connectivity index (χ3v) is 3.81. The van der Waals surface area contributed by atoms with Gasteiger partial charge in [-0.15, -0.1) is 0 Å². The molecule has 3 aromatic rings. The van der Waals surface area contributed by atoms with Crippen LogP contribution >= 0.6 is 0 Å². The number of hydrogen-bond donors (Lipinski definition) is 2. The highest BCUT2D eigenvalue weighted by atomic mass is 16.5. The van der Waals surface area contributed by atoms with Crippen LogP contribution in [0.25, 0.3) is 0 Å². The van der Waals surface area contributed by atoms with Crippen molar-refractivity contribution in [1.29, 1.82) is 0 Å². The molecule has 0 bridgehead atoms. The fraction of sp³-hybridized carbons (Fsp3) is 0.200. The summed E-state index contributed by atoms with van der Waals surface area (Å²) < 4.78 is 5.25. The summed E-state index contributed by atoms with van der Waals surface area (Å²) >= 11 is 0. The van der Waals surface area contributed by atoms with E-state index in [-0.39, 0.29) is 0 Å². The zero-order chi connectivity index (χ0) is 17.5. The number of rotatable bonds is 7. The molecule has 0 radical (unpaired) electrons. The minimum atomic E-state index is 0.611. The number of nitrogens with one attached hydrogen (secondary N) is 2. The smallest absolute Gasteiger partial charge is 0.224 e. The Morgan fingerprint density at radius 2 is 1.88 bits per heavy atom. The summed E-state index contributed by atoms with van der Waals surface area (Å²) in [6, 6.07) is 18.1. The van der Waals surface area contributed by atoms with E-state index in [1.54, 1.807) is 13.3 Å². The van der Waals surface area contributed by atoms with Crippen LogP contribution in [-0.2, 0) is 6.42 Å². The van der Waals surface area contributed by atoms with Gasteiger partial charge in [-0.1, -0.05) is 29.8 Å². The molecule has 0 aliphatic heterocycles. The molecule has 2 N–H and O–H groups in total. The molecule has 0 fully saturated rings. The first-order valence-corrected chi connectivity index (χ1v) is 8.26. The summed E-state index contributed by atoms with van der Waals surface area (Å²) in [7, 11) is 1.68. The first-order chi connectivity index (χ1) is 12.2. The van der Waals surface area contributed by atoms with Gasteiger partial charge in [0.15, 0.2) is 0 Å². The van der Waals surface area contributed by atoms with Crippen LogP contribution in [0.15, 0.2) is 60.8 Å². The molecule has 5 heteroatoms. The van der Waals surface area contributed by atoms with Crippen molar-refractivity contribution in [3.05, 3.63) is 71.9 Å². The summed E-state index contributed by atoms with van der Waals surface area (Å²) in [6.07, 6.45) is 2.62. The van der Waals surface area contributed by atoms with E-state index in [2.05, 4.69) is 45.7 Å². The number of hydrogen-bond acceptors (Lipinski definition) is 5. The third kappa shape index (κ3) is 4.94. The molecule has 128 valence electrons. The van der Waals surface area contributed by atoms with Crippen LogP contribution in [0.3, 0.4) is 0 Å². The molecule has 5 nitrogen and oxygen atoms in total. The van der Waals surface area contributed by atoms with Crippen LogP contribution in [0.4, 0.5) is 17.5 Å². The van der Waals surface area contributed by atoms with Crippen LogP contribution in [0.1, 0.15) is 11.1 Å². The van der Waals surface area contributed by atoms with Gasteiger partial charge in [0.1, 0.15) is 11.6 Å². The summed E-state index contributed by atoms with van der Waals surface area (Å²) in [4.78, 5) is 8.77. The molecule has 3 rings (SSSR count). The maximum Gasteiger partial charge on any atom is 0.224 e. The standard InChI is InChI=1S/C20H22N4O/c1-15-6-8-17(9-7-15)23-19-11-13-22-20(24-19)21-12-10-16-4-3-5-18(14-16)25-2/h3-9,11,13-14H,10,12H2,1-2H3,(H2,21,22,23,24). The summed E-state index contributed by atoms with van der Waals surface area (Å²) in [5, 5.41) is 6.55. The molecule has 2 aromatic carbocycles. The number of aromatic nitrogens is 2. The van der Waals surface area contributed by atoms with Crippen molar-refractivity contribution >= 4 is 17.5 Å². The first-order valence-electron chi connectivity index (χ1n) is 8.26. The highest BCUT2D eigenvalue weighted by Gasteiger charge is 2.01. The molecular weight excluding hydrogens is 312 g/mol. The quantitative estimate of drug-likeness (QED) is 0.678. The van der Waals surface area contributed by atoms with Crippen LogP contribution in [0, 0.1) is 6.92 Å². The van der Waals surface area contributed by atoms with Crippen molar-refractivity contribution in [3.63, 3.8) is 0 Å². The first kappa shape index (κ1) is 16.8. The van der Waals surface area contributed by atoms with Crippen molar-refractivity contribution in [3.8, 4) is 5.75 Å². The number of benzene rings is 2. The van der Waals surface area contributed by atoms with Crippen molar-refractivity contribution < 1.29 is 4.74 Å². The zero-order valence-electron chi connectivity index (χ0n) is 14.5. The molecule has 25 heavy (non-hydrogen) atoms. The minimum absolute atomic E-state index is 0.611. The lowest BCUT2D eigenvalue weighted by Gasteiger charge is -2.09. The van der Waals surface area contributed by atoms with Gasteiger partial charge in [0, 0.05) is 18.4 Å². The zero-order valence-corrected chi connectivity index (χ0v) is 14.5. The van der Waals surface area contributed by atoms with E-state index in [4.69, 9.17) is 4.74 Å². The lowest BCUT2D eigenvalue weighted by Crippen LogP contribution is -2.08. The molecule has 0 aliphatic carbocycles. The molecule has 1 heterocycles. The molecule has 0 saturated carbocycles. The van der Waals surface area contributed by atoms with Gasteiger partial charge < -0.3 is 15.4 Å². The summed E-state index contributed by atoms with van der Waals surface area (Å²) in [5.41, 5.74) is 3.44. The van der Waals surface area contributed by atoms with Gasteiger partial charge in [-0.3, -0.25) is 0 Å².